The van der Waals surface area contributed by atoms with E-state index in [0.717, 1.165) is 44.1 Å². The summed E-state index contributed by atoms with van der Waals surface area (Å²) in [6.07, 6.45) is 1.52. The Morgan fingerprint density at radius 3 is 2.74 bits per heavy atom. The number of hydrogen-bond donors (Lipinski definition) is 1. The summed E-state index contributed by atoms with van der Waals surface area (Å²) in [4.78, 5) is 2.33. The second-order valence-electron chi connectivity index (χ2n) is 5.38. The molecule has 1 unspecified atom stereocenters. The van der Waals surface area contributed by atoms with Gasteiger partial charge in [0.1, 0.15) is 6.10 Å². The van der Waals surface area contributed by atoms with Crippen molar-refractivity contribution < 1.29 is 9.47 Å². The molecule has 7 heteroatoms. The summed E-state index contributed by atoms with van der Waals surface area (Å²) in [6, 6.07) is 7.44. The van der Waals surface area contributed by atoms with E-state index < -0.39 is 0 Å². The fourth-order valence-electron chi connectivity index (χ4n) is 2.57. The second-order valence-corrected chi connectivity index (χ2v) is 6.19. The van der Waals surface area contributed by atoms with Crippen LogP contribution in [0.15, 0.2) is 30.5 Å². The monoisotopic (exact) mass is 355 g/mol. The highest BCUT2D eigenvalue weighted by Crippen LogP contribution is 2.30. The van der Waals surface area contributed by atoms with Crippen molar-refractivity contribution in [3.63, 3.8) is 0 Å². The van der Waals surface area contributed by atoms with Crippen LogP contribution in [0.5, 0.6) is 0 Å². The number of halogens is 2. The molecule has 0 amide bonds. The Morgan fingerprint density at radius 1 is 1.22 bits per heavy atom. The first-order valence-electron chi connectivity index (χ1n) is 7.60. The lowest BCUT2D eigenvalue weighted by Crippen LogP contribution is -2.38. The lowest BCUT2D eigenvalue weighted by Gasteiger charge is -2.27. The van der Waals surface area contributed by atoms with Crippen molar-refractivity contribution in [3.05, 3.63) is 51.8 Å². The summed E-state index contributed by atoms with van der Waals surface area (Å²) in [7, 11) is 0. The zero-order chi connectivity index (χ0) is 16.1. The van der Waals surface area contributed by atoms with Crippen LogP contribution in [0.3, 0.4) is 0 Å². The molecule has 3 rings (SSSR count). The Labute approximate surface area is 145 Å². The van der Waals surface area contributed by atoms with Gasteiger partial charge in [0.05, 0.1) is 35.6 Å². The van der Waals surface area contributed by atoms with Gasteiger partial charge in [-0.2, -0.15) is 5.10 Å². The molecule has 1 fully saturated rings. The minimum atomic E-state index is -0.267. The van der Waals surface area contributed by atoms with E-state index in [1.165, 1.54) is 0 Å². The molecule has 124 valence electrons. The zero-order valence-electron chi connectivity index (χ0n) is 12.7. The number of aromatic amines is 1. The number of aromatic nitrogens is 2. The number of ether oxygens (including phenoxy) is 2. The first kappa shape index (κ1) is 16.7. The lowest BCUT2D eigenvalue weighted by molar-refractivity contribution is 0.00896. The average Bonchev–Trinajstić information content (AvgIpc) is 3.09. The van der Waals surface area contributed by atoms with Crippen LogP contribution in [0.2, 0.25) is 10.0 Å². The predicted molar refractivity (Wildman–Crippen MR) is 90.1 cm³/mol. The molecule has 1 aromatic heterocycles. The molecule has 5 nitrogen and oxygen atoms in total. The Bertz CT molecular complexity index is 616. The van der Waals surface area contributed by atoms with Crippen molar-refractivity contribution in [1.82, 2.24) is 15.1 Å². The summed E-state index contributed by atoms with van der Waals surface area (Å²) in [5.41, 5.74) is 1.76. The highest BCUT2D eigenvalue weighted by atomic mass is 35.5. The van der Waals surface area contributed by atoms with Crippen LogP contribution in [0.25, 0.3) is 0 Å². The molecule has 1 atom stereocenters. The van der Waals surface area contributed by atoms with Gasteiger partial charge in [0, 0.05) is 25.8 Å². The van der Waals surface area contributed by atoms with Crippen LogP contribution in [0.4, 0.5) is 0 Å². The van der Waals surface area contributed by atoms with E-state index >= 15 is 0 Å². The van der Waals surface area contributed by atoms with Crippen LogP contribution in [0.1, 0.15) is 17.4 Å². The van der Waals surface area contributed by atoms with Gasteiger partial charge in [0.2, 0.25) is 0 Å². The molecule has 1 N–H and O–H groups in total. The molecular formula is C16H19Cl2N3O2. The van der Waals surface area contributed by atoms with Gasteiger partial charge in [-0.25, -0.2) is 0 Å². The standard InChI is InChI=1S/C16H19Cl2N3O2/c17-13-2-1-12(11-14(13)18)16(15-3-4-19-20-15)23-10-7-21-5-8-22-9-6-21/h1-4,11,16H,5-10H2,(H,19,20). The maximum atomic E-state index is 6.14. The summed E-state index contributed by atoms with van der Waals surface area (Å²) in [5, 5.41) is 8.13. The molecule has 0 spiro atoms. The van der Waals surface area contributed by atoms with Gasteiger partial charge in [-0.3, -0.25) is 10.00 Å². The van der Waals surface area contributed by atoms with Crippen molar-refractivity contribution in [2.24, 2.45) is 0 Å². The van der Waals surface area contributed by atoms with Gasteiger partial charge >= 0.3 is 0 Å². The number of nitrogens with one attached hydrogen (secondary N) is 1. The van der Waals surface area contributed by atoms with Gasteiger partial charge in [0.15, 0.2) is 0 Å². The first-order chi connectivity index (χ1) is 11.2. The van der Waals surface area contributed by atoms with E-state index in [1.54, 1.807) is 12.3 Å². The van der Waals surface area contributed by atoms with Gasteiger partial charge < -0.3 is 9.47 Å². The molecule has 23 heavy (non-hydrogen) atoms. The van der Waals surface area contributed by atoms with Crippen LogP contribution >= 0.6 is 23.2 Å². The lowest BCUT2D eigenvalue weighted by atomic mass is 10.1. The van der Waals surface area contributed by atoms with Gasteiger partial charge in [0.25, 0.3) is 0 Å². The van der Waals surface area contributed by atoms with Crippen molar-refractivity contribution in [2.45, 2.75) is 6.10 Å². The smallest absolute Gasteiger partial charge is 0.126 e. The third-order valence-electron chi connectivity index (χ3n) is 3.83. The maximum absolute atomic E-state index is 6.14. The highest BCUT2D eigenvalue weighted by molar-refractivity contribution is 6.42. The molecule has 1 aliphatic heterocycles. The van der Waals surface area contributed by atoms with Crippen molar-refractivity contribution >= 4 is 23.2 Å². The number of hydrogen-bond acceptors (Lipinski definition) is 4. The largest absolute Gasteiger partial charge is 0.379 e. The summed E-state index contributed by atoms with van der Waals surface area (Å²) in [6.45, 7) is 4.95. The second kappa shape index (κ2) is 8.13. The molecular weight excluding hydrogens is 337 g/mol. The van der Waals surface area contributed by atoms with Gasteiger partial charge in [-0.15, -0.1) is 0 Å². The summed E-state index contributed by atoms with van der Waals surface area (Å²) < 4.78 is 11.5. The number of rotatable bonds is 6. The van der Waals surface area contributed by atoms with Crippen molar-refractivity contribution in [2.75, 3.05) is 39.5 Å². The topological polar surface area (TPSA) is 50.4 Å². The molecule has 0 radical (unpaired) electrons. The third kappa shape index (κ3) is 4.46. The number of benzene rings is 1. The van der Waals surface area contributed by atoms with E-state index in [0.29, 0.717) is 16.7 Å². The summed E-state index contributed by atoms with van der Waals surface area (Å²) in [5.74, 6) is 0. The fraction of sp³-hybridized carbons (Fsp3) is 0.438. The Morgan fingerprint density at radius 2 is 2.04 bits per heavy atom. The van der Waals surface area contributed by atoms with E-state index in [4.69, 9.17) is 32.7 Å². The van der Waals surface area contributed by atoms with E-state index in [9.17, 15) is 0 Å². The predicted octanol–water partition coefficient (Wildman–Crippen LogP) is 3.15. The Hall–Kier alpha value is -1.11. The normalized spacial score (nSPS) is 17.3. The first-order valence-corrected chi connectivity index (χ1v) is 8.36. The highest BCUT2D eigenvalue weighted by Gasteiger charge is 2.19. The van der Waals surface area contributed by atoms with Crippen LogP contribution in [-0.4, -0.2) is 54.6 Å². The maximum Gasteiger partial charge on any atom is 0.126 e. The number of H-pyrrole nitrogens is 1. The van der Waals surface area contributed by atoms with Gasteiger partial charge in [-0.1, -0.05) is 29.3 Å². The fourth-order valence-corrected chi connectivity index (χ4v) is 2.88. The minimum Gasteiger partial charge on any atom is -0.379 e. The van der Waals surface area contributed by atoms with Crippen LogP contribution < -0.4 is 0 Å². The summed E-state index contributed by atoms with van der Waals surface area (Å²) >= 11 is 12.1. The SMILES string of the molecule is Clc1ccc(C(OCCN2CCOCC2)c2cc[nH]n2)cc1Cl. The molecule has 0 aliphatic carbocycles. The molecule has 1 aliphatic rings. The average molecular weight is 356 g/mol. The van der Waals surface area contributed by atoms with Crippen LogP contribution in [0, 0.1) is 0 Å². The Balaban J connectivity index is 1.67. The number of nitrogens with zero attached hydrogens (tertiary/aromatic N) is 2. The van der Waals surface area contributed by atoms with E-state index in [-0.39, 0.29) is 6.10 Å². The van der Waals surface area contributed by atoms with Crippen molar-refractivity contribution in [1.29, 1.82) is 0 Å². The zero-order valence-corrected chi connectivity index (χ0v) is 14.2. The third-order valence-corrected chi connectivity index (χ3v) is 4.57. The van der Waals surface area contributed by atoms with Gasteiger partial charge in [-0.05, 0) is 23.8 Å². The molecule has 2 heterocycles. The molecule has 1 saturated heterocycles. The molecule has 1 aromatic carbocycles. The van der Waals surface area contributed by atoms with Crippen LogP contribution in [-0.2, 0) is 9.47 Å². The number of morpholine rings is 1. The molecule has 0 bridgehead atoms. The molecule has 2 aromatic rings. The minimum absolute atomic E-state index is 0.267. The quantitative estimate of drug-likeness (QED) is 0.864. The van der Waals surface area contributed by atoms with E-state index in [1.807, 2.05) is 18.2 Å². The van der Waals surface area contributed by atoms with Crippen molar-refractivity contribution in [3.8, 4) is 0 Å². The molecule has 0 saturated carbocycles. The Kier molecular flexibility index (Phi) is 5.91. The van der Waals surface area contributed by atoms with E-state index in [2.05, 4.69) is 15.1 Å².